The Morgan fingerprint density at radius 1 is 1.04 bits per heavy atom. The van der Waals surface area contributed by atoms with Gasteiger partial charge in [-0.25, -0.2) is 9.78 Å². The van der Waals surface area contributed by atoms with E-state index in [4.69, 9.17) is 32.9 Å². The zero-order valence-electron chi connectivity index (χ0n) is 25.4. The standard InChI is InChI=1S/C32H34Cl2N6O5/c1-38(16-19-12-14-26(41)35-19)15-18-11-13-24(37-30(18)45-4)22-9-5-7-20(27(22)33)21-8-6-10-25(28(21)34)36-29(42)23-17-39(2)32(44)40(3)31(23)43/h5-11,13,19,23H,12,14-17H2,1-4H3,(H,35,41)(H,36,42)/t19-,23?/m0/s1. The SMILES string of the molecule is COc1nc(-c2cccc(-c3cccc(NC(=O)C4CN(C)C(=O)N(C)C4=O)c3Cl)c2Cl)ccc1CN(C)C[C@@H]1CCC(=O)N1. The first-order valence-corrected chi connectivity index (χ1v) is 15.2. The van der Waals surface area contributed by atoms with Gasteiger partial charge in [-0.1, -0.05) is 59.6 Å². The van der Waals surface area contributed by atoms with Crippen LogP contribution >= 0.6 is 23.2 Å². The first kappa shape index (κ1) is 32.2. The van der Waals surface area contributed by atoms with E-state index in [0.717, 1.165) is 23.4 Å². The second kappa shape index (κ2) is 13.4. The lowest BCUT2D eigenvalue weighted by atomic mass is 9.99. The zero-order chi connectivity index (χ0) is 32.4. The van der Waals surface area contributed by atoms with Crippen LogP contribution in [0.25, 0.3) is 22.4 Å². The fourth-order valence-corrected chi connectivity index (χ4v) is 6.27. The Labute approximate surface area is 271 Å². The molecule has 3 heterocycles. The Morgan fingerprint density at radius 2 is 1.73 bits per heavy atom. The monoisotopic (exact) mass is 652 g/mol. The quantitative estimate of drug-likeness (QED) is 0.326. The van der Waals surface area contributed by atoms with Crippen LogP contribution in [0, 0.1) is 5.92 Å². The number of urea groups is 1. The van der Waals surface area contributed by atoms with E-state index in [2.05, 4.69) is 15.5 Å². The number of hydrogen-bond donors (Lipinski definition) is 2. The minimum Gasteiger partial charge on any atom is -0.481 e. The Balaban J connectivity index is 1.37. The number of pyridine rings is 1. The highest BCUT2D eigenvalue weighted by Crippen LogP contribution is 2.41. The number of amides is 5. The molecule has 2 aliphatic heterocycles. The highest BCUT2D eigenvalue weighted by atomic mass is 35.5. The lowest BCUT2D eigenvalue weighted by Crippen LogP contribution is -2.56. The molecule has 13 heteroatoms. The summed E-state index contributed by atoms with van der Waals surface area (Å²) in [6.07, 6.45) is 1.38. The van der Waals surface area contributed by atoms with Gasteiger partial charge in [0.2, 0.25) is 23.6 Å². The smallest absolute Gasteiger partial charge is 0.326 e. The molecule has 0 bridgehead atoms. The molecule has 0 saturated carbocycles. The number of halogens is 2. The lowest BCUT2D eigenvalue weighted by Gasteiger charge is -2.33. The van der Waals surface area contributed by atoms with Gasteiger partial charge in [-0.15, -0.1) is 0 Å². The van der Waals surface area contributed by atoms with Gasteiger partial charge in [0, 0.05) is 68.4 Å². The molecule has 0 spiro atoms. The van der Waals surface area contributed by atoms with Crippen molar-refractivity contribution in [2.75, 3.05) is 46.7 Å². The summed E-state index contributed by atoms with van der Waals surface area (Å²) in [5.41, 5.74) is 3.66. The second-order valence-electron chi connectivity index (χ2n) is 11.3. The number of hydrogen-bond acceptors (Lipinski definition) is 7. The fraction of sp³-hybridized carbons (Fsp3) is 0.344. The Morgan fingerprint density at radius 3 is 2.42 bits per heavy atom. The van der Waals surface area contributed by atoms with E-state index in [-0.39, 0.29) is 23.5 Å². The van der Waals surface area contributed by atoms with Crippen LogP contribution in [-0.4, -0.2) is 90.8 Å². The van der Waals surface area contributed by atoms with E-state index in [1.165, 1.54) is 19.0 Å². The van der Waals surface area contributed by atoms with Gasteiger partial charge in [0.15, 0.2) is 0 Å². The van der Waals surface area contributed by atoms with Crippen molar-refractivity contribution in [1.82, 2.24) is 25.0 Å². The van der Waals surface area contributed by atoms with Gasteiger partial charge in [-0.05, 0) is 25.6 Å². The molecule has 0 aliphatic carbocycles. The number of anilines is 1. The van der Waals surface area contributed by atoms with Crippen molar-refractivity contribution in [2.45, 2.75) is 25.4 Å². The molecule has 2 aromatic carbocycles. The zero-order valence-corrected chi connectivity index (χ0v) is 26.9. The molecule has 236 valence electrons. The Kier molecular flexibility index (Phi) is 9.62. The molecule has 1 aromatic heterocycles. The van der Waals surface area contributed by atoms with E-state index < -0.39 is 23.8 Å². The number of carbonyl (C=O) groups excluding carboxylic acids is 4. The van der Waals surface area contributed by atoms with Crippen molar-refractivity contribution < 1.29 is 23.9 Å². The van der Waals surface area contributed by atoms with E-state index in [1.54, 1.807) is 25.3 Å². The van der Waals surface area contributed by atoms with E-state index in [1.807, 2.05) is 37.4 Å². The molecular formula is C32H34Cl2N6O5. The van der Waals surface area contributed by atoms with Crippen molar-refractivity contribution >= 4 is 52.6 Å². The summed E-state index contributed by atoms with van der Waals surface area (Å²) < 4.78 is 5.64. The molecule has 5 amide bonds. The Hall–Kier alpha value is -4.19. The molecule has 2 N–H and O–H groups in total. The summed E-state index contributed by atoms with van der Waals surface area (Å²) in [4.78, 5) is 58.5. The molecule has 2 atom stereocenters. The van der Waals surface area contributed by atoms with Crippen LogP contribution in [0.15, 0.2) is 48.5 Å². The molecular weight excluding hydrogens is 619 g/mol. The molecule has 2 saturated heterocycles. The summed E-state index contributed by atoms with van der Waals surface area (Å²) in [6.45, 7) is 1.26. The van der Waals surface area contributed by atoms with Gasteiger partial charge in [0.05, 0.1) is 28.5 Å². The molecule has 2 aliphatic rings. The first-order valence-electron chi connectivity index (χ1n) is 14.4. The van der Waals surface area contributed by atoms with Gasteiger partial charge >= 0.3 is 6.03 Å². The van der Waals surface area contributed by atoms with Crippen molar-refractivity contribution in [1.29, 1.82) is 0 Å². The normalized spacial score (nSPS) is 18.4. The van der Waals surface area contributed by atoms with Crippen LogP contribution < -0.4 is 15.4 Å². The van der Waals surface area contributed by atoms with Crippen LogP contribution in [0.3, 0.4) is 0 Å². The minimum absolute atomic E-state index is 0.0384. The number of methoxy groups -OCH3 is 1. The number of carbonyl (C=O) groups is 4. The predicted octanol–water partition coefficient (Wildman–Crippen LogP) is 4.52. The van der Waals surface area contributed by atoms with Gasteiger partial charge in [0.25, 0.3) is 0 Å². The average Bonchev–Trinajstić information content (AvgIpc) is 3.43. The minimum atomic E-state index is -1.07. The number of aromatic nitrogens is 1. The van der Waals surface area contributed by atoms with Crippen molar-refractivity contribution in [3.8, 4) is 28.3 Å². The van der Waals surface area contributed by atoms with Crippen LogP contribution in [-0.2, 0) is 20.9 Å². The summed E-state index contributed by atoms with van der Waals surface area (Å²) in [7, 11) is 6.44. The van der Waals surface area contributed by atoms with Gasteiger partial charge < -0.3 is 20.3 Å². The molecule has 0 radical (unpaired) electrons. The predicted molar refractivity (Wildman–Crippen MR) is 172 cm³/mol. The van der Waals surface area contributed by atoms with Crippen LogP contribution in [0.4, 0.5) is 10.5 Å². The van der Waals surface area contributed by atoms with Crippen LogP contribution in [0.1, 0.15) is 18.4 Å². The fourth-order valence-electron chi connectivity index (χ4n) is 5.67. The maximum atomic E-state index is 13.1. The number of nitrogens with zero attached hydrogens (tertiary/aromatic N) is 4. The van der Waals surface area contributed by atoms with Crippen molar-refractivity contribution in [2.24, 2.45) is 5.92 Å². The maximum absolute atomic E-state index is 13.1. The highest BCUT2D eigenvalue weighted by molar-refractivity contribution is 6.39. The average molecular weight is 654 g/mol. The van der Waals surface area contributed by atoms with Gasteiger partial charge in [0.1, 0.15) is 5.92 Å². The largest absolute Gasteiger partial charge is 0.481 e. The summed E-state index contributed by atoms with van der Waals surface area (Å²) >= 11 is 13.8. The van der Waals surface area contributed by atoms with Crippen LogP contribution in [0.2, 0.25) is 10.0 Å². The molecule has 1 unspecified atom stereocenters. The molecule has 3 aromatic rings. The van der Waals surface area contributed by atoms with E-state index in [0.29, 0.717) is 51.9 Å². The third-order valence-corrected chi connectivity index (χ3v) is 8.84. The summed E-state index contributed by atoms with van der Waals surface area (Å²) in [6, 6.07) is 14.2. The third-order valence-electron chi connectivity index (χ3n) is 8.03. The second-order valence-corrected chi connectivity index (χ2v) is 12.1. The summed E-state index contributed by atoms with van der Waals surface area (Å²) in [5.74, 6) is -1.67. The lowest BCUT2D eigenvalue weighted by molar-refractivity contribution is -0.140. The van der Waals surface area contributed by atoms with E-state index in [9.17, 15) is 19.2 Å². The van der Waals surface area contributed by atoms with Crippen molar-refractivity contribution in [3.63, 3.8) is 0 Å². The highest BCUT2D eigenvalue weighted by Gasteiger charge is 2.39. The maximum Gasteiger partial charge on any atom is 0.326 e. The third kappa shape index (κ3) is 6.75. The Bertz CT molecular complexity index is 1670. The number of ether oxygens (including phenoxy) is 1. The molecule has 11 nitrogen and oxygen atoms in total. The summed E-state index contributed by atoms with van der Waals surface area (Å²) in [5, 5.41) is 6.39. The number of likely N-dealkylation sites (N-methyl/N-ethyl adjacent to an activating group) is 1. The first-order chi connectivity index (χ1) is 21.5. The van der Waals surface area contributed by atoms with Crippen LogP contribution in [0.5, 0.6) is 5.88 Å². The molecule has 45 heavy (non-hydrogen) atoms. The van der Waals surface area contributed by atoms with Crippen molar-refractivity contribution in [3.05, 3.63) is 64.1 Å². The number of imide groups is 1. The van der Waals surface area contributed by atoms with Gasteiger partial charge in [-0.3, -0.25) is 24.2 Å². The number of benzene rings is 2. The number of nitrogens with one attached hydrogen (secondary N) is 2. The topological polar surface area (TPSA) is 124 Å². The number of rotatable bonds is 9. The van der Waals surface area contributed by atoms with E-state index >= 15 is 0 Å². The molecule has 5 rings (SSSR count). The van der Waals surface area contributed by atoms with Gasteiger partial charge in [-0.2, -0.15) is 0 Å². The molecule has 2 fully saturated rings.